The molecule has 0 unspecified atom stereocenters. The van der Waals surface area contributed by atoms with Crippen molar-refractivity contribution in [3.8, 4) is 0 Å². The van der Waals surface area contributed by atoms with Crippen molar-refractivity contribution < 1.29 is 0 Å². The fourth-order valence-corrected chi connectivity index (χ4v) is 2.15. The van der Waals surface area contributed by atoms with Crippen molar-refractivity contribution in [1.82, 2.24) is 24.7 Å². The van der Waals surface area contributed by atoms with Crippen LogP contribution < -0.4 is 5.32 Å². The average Bonchev–Trinajstić information content (AvgIpc) is 2.98. The number of hydrogen-bond donors (Lipinski definition) is 2. The number of anilines is 2. The van der Waals surface area contributed by atoms with E-state index < -0.39 is 0 Å². The summed E-state index contributed by atoms with van der Waals surface area (Å²) >= 11 is 0. The highest BCUT2D eigenvalue weighted by Crippen LogP contribution is 2.27. The quantitative estimate of drug-likeness (QED) is 0.754. The molecule has 0 bridgehead atoms. The van der Waals surface area contributed by atoms with Gasteiger partial charge in [0.25, 0.3) is 0 Å². The topological polar surface area (TPSA) is 71.4 Å². The minimum atomic E-state index is 0.819. The van der Waals surface area contributed by atoms with Gasteiger partial charge in [-0.05, 0) is 18.9 Å². The highest BCUT2D eigenvalue weighted by atomic mass is 15.3. The number of rotatable bonds is 3. The van der Waals surface area contributed by atoms with E-state index in [0.717, 1.165) is 34.7 Å². The Morgan fingerprint density at radius 1 is 1.37 bits per heavy atom. The van der Waals surface area contributed by atoms with E-state index in [1.165, 1.54) is 5.56 Å². The van der Waals surface area contributed by atoms with Crippen molar-refractivity contribution in [3.05, 3.63) is 30.0 Å². The van der Waals surface area contributed by atoms with Gasteiger partial charge in [-0.3, -0.25) is 4.68 Å². The number of hydrogen-bond acceptors (Lipinski definition) is 4. The normalized spacial score (nSPS) is 11.1. The molecule has 0 amide bonds. The number of aryl methyl sites for hydroxylation is 2. The Labute approximate surface area is 110 Å². The molecule has 0 spiro atoms. The van der Waals surface area contributed by atoms with E-state index in [4.69, 9.17) is 0 Å². The number of fused-ring (bicyclic) bond motifs is 1. The average molecular weight is 256 g/mol. The van der Waals surface area contributed by atoms with Gasteiger partial charge >= 0.3 is 0 Å². The van der Waals surface area contributed by atoms with Gasteiger partial charge in [0.05, 0.1) is 23.0 Å². The third-order valence-corrected chi connectivity index (χ3v) is 3.42. The van der Waals surface area contributed by atoms with Crippen molar-refractivity contribution in [2.45, 2.75) is 20.3 Å². The van der Waals surface area contributed by atoms with Crippen molar-refractivity contribution in [2.24, 2.45) is 7.05 Å². The maximum absolute atomic E-state index is 4.35. The van der Waals surface area contributed by atoms with Crippen LogP contribution in [0.15, 0.2) is 18.7 Å². The third-order valence-electron chi connectivity index (χ3n) is 3.42. The number of aromatic amines is 1. The van der Waals surface area contributed by atoms with Crippen LogP contribution in [0.3, 0.4) is 0 Å². The Balaban J connectivity index is 2.10. The molecule has 0 radical (unpaired) electrons. The molecule has 6 heteroatoms. The molecule has 0 aromatic carbocycles. The maximum Gasteiger partial charge on any atom is 0.143 e. The zero-order valence-corrected chi connectivity index (χ0v) is 11.2. The van der Waals surface area contributed by atoms with E-state index in [1.54, 1.807) is 6.33 Å². The molecular formula is C13H16N6. The molecule has 2 N–H and O–H groups in total. The molecule has 0 fully saturated rings. The molecule has 0 aliphatic heterocycles. The molecule has 0 aliphatic carbocycles. The van der Waals surface area contributed by atoms with E-state index in [9.17, 15) is 0 Å². The van der Waals surface area contributed by atoms with Crippen LogP contribution in [0.5, 0.6) is 0 Å². The SMILES string of the molecule is CCc1c[nH]c2ncnc(Nc3cnn(C)c3C)c12. The van der Waals surface area contributed by atoms with Gasteiger partial charge in [0.2, 0.25) is 0 Å². The summed E-state index contributed by atoms with van der Waals surface area (Å²) in [6, 6.07) is 0. The first-order valence-corrected chi connectivity index (χ1v) is 6.27. The summed E-state index contributed by atoms with van der Waals surface area (Å²) in [7, 11) is 1.92. The predicted octanol–water partition coefficient (Wildman–Crippen LogP) is 2.31. The van der Waals surface area contributed by atoms with Gasteiger partial charge in [-0.25, -0.2) is 9.97 Å². The number of aromatic nitrogens is 5. The van der Waals surface area contributed by atoms with Crippen LogP contribution in [0.25, 0.3) is 11.0 Å². The minimum Gasteiger partial charge on any atom is -0.346 e. The summed E-state index contributed by atoms with van der Waals surface area (Å²) in [5.41, 5.74) is 4.10. The number of nitrogens with one attached hydrogen (secondary N) is 2. The highest BCUT2D eigenvalue weighted by molar-refractivity contribution is 5.92. The molecular weight excluding hydrogens is 240 g/mol. The summed E-state index contributed by atoms with van der Waals surface area (Å²) in [5.74, 6) is 0.819. The fraction of sp³-hybridized carbons (Fsp3) is 0.308. The van der Waals surface area contributed by atoms with Crippen LogP contribution in [-0.4, -0.2) is 24.7 Å². The van der Waals surface area contributed by atoms with E-state index in [2.05, 4.69) is 32.3 Å². The summed E-state index contributed by atoms with van der Waals surface area (Å²) in [6.45, 7) is 4.14. The summed E-state index contributed by atoms with van der Waals surface area (Å²) in [6.07, 6.45) is 6.29. The second-order valence-electron chi connectivity index (χ2n) is 4.51. The standard InChI is InChI=1S/C13H16N6/c1-4-9-5-14-12-11(9)13(16-7-15-12)18-10-6-17-19(3)8(10)2/h5-7H,4H2,1-3H3,(H2,14,15,16,18). The Morgan fingerprint density at radius 3 is 2.89 bits per heavy atom. The van der Waals surface area contributed by atoms with Crippen LogP contribution in [0.2, 0.25) is 0 Å². The Hall–Kier alpha value is -2.37. The lowest BCUT2D eigenvalue weighted by Gasteiger charge is -2.06. The molecule has 3 aromatic rings. The Kier molecular flexibility index (Phi) is 2.70. The van der Waals surface area contributed by atoms with Gasteiger partial charge in [0.15, 0.2) is 0 Å². The largest absolute Gasteiger partial charge is 0.346 e. The lowest BCUT2D eigenvalue weighted by atomic mass is 10.2. The van der Waals surface area contributed by atoms with Crippen LogP contribution in [0.4, 0.5) is 11.5 Å². The van der Waals surface area contributed by atoms with Crippen molar-refractivity contribution >= 4 is 22.5 Å². The van der Waals surface area contributed by atoms with E-state index in [0.29, 0.717) is 0 Å². The zero-order chi connectivity index (χ0) is 13.4. The molecule has 19 heavy (non-hydrogen) atoms. The maximum atomic E-state index is 4.35. The zero-order valence-electron chi connectivity index (χ0n) is 11.2. The lowest BCUT2D eigenvalue weighted by Crippen LogP contribution is -1.98. The smallest absolute Gasteiger partial charge is 0.143 e. The Morgan fingerprint density at radius 2 is 2.21 bits per heavy atom. The molecule has 0 aliphatic rings. The first-order valence-electron chi connectivity index (χ1n) is 6.27. The Bertz CT molecular complexity index is 724. The van der Waals surface area contributed by atoms with Gasteiger partial charge in [0, 0.05) is 13.2 Å². The lowest BCUT2D eigenvalue weighted by molar-refractivity contribution is 0.740. The summed E-state index contributed by atoms with van der Waals surface area (Å²) < 4.78 is 1.83. The third kappa shape index (κ3) is 1.85. The molecule has 6 nitrogen and oxygen atoms in total. The summed E-state index contributed by atoms with van der Waals surface area (Å²) in [5, 5.41) is 8.62. The van der Waals surface area contributed by atoms with Gasteiger partial charge in [-0.2, -0.15) is 5.10 Å². The van der Waals surface area contributed by atoms with Crippen LogP contribution in [0.1, 0.15) is 18.2 Å². The highest BCUT2D eigenvalue weighted by Gasteiger charge is 2.12. The van der Waals surface area contributed by atoms with Gasteiger partial charge in [0.1, 0.15) is 17.8 Å². The molecule has 3 heterocycles. The fourth-order valence-electron chi connectivity index (χ4n) is 2.15. The first kappa shape index (κ1) is 11.7. The van der Waals surface area contributed by atoms with Crippen molar-refractivity contribution in [1.29, 1.82) is 0 Å². The molecule has 3 aromatic heterocycles. The predicted molar refractivity (Wildman–Crippen MR) is 74.5 cm³/mol. The molecule has 0 atom stereocenters. The van der Waals surface area contributed by atoms with Crippen LogP contribution in [0, 0.1) is 6.92 Å². The van der Waals surface area contributed by atoms with E-state index >= 15 is 0 Å². The molecule has 3 rings (SSSR count). The van der Waals surface area contributed by atoms with Gasteiger partial charge in [-0.15, -0.1) is 0 Å². The number of nitrogens with zero attached hydrogens (tertiary/aromatic N) is 4. The molecule has 98 valence electrons. The summed E-state index contributed by atoms with van der Waals surface area (Å²) in [4.78, 5) is 11.8. The molecule has 0 saturated heterocycles. The van der Waals surface area contributed by atoms with Crippen molar-refractivity contribution in [3.63, 3.8) is 0 Å². The first-order chi connectivity index (χ1) is 9.20. The van der Waals surface area contributed by atoms with Gasteiger partial charge in [-0.1, -0.05) is 6.92 Å². The minimum absolute atomic E-state index is 0.819. The molecule has 0 saturated carbocycles. The second-order valence-corrected chi connectivity index (χ2v) is 4.51. The van der Waals surface area contributed by atoms with Crippen molar-refractivity contribution in [2.75, 3.05) is 5.32 Å². The van der Waals surface area contributed by atoms with Crippen LogP contribution >= 0.6 is 0 Å². The number of H-pyrrole nitrogens is 1. The van der Waals surface area contributed by atoms with E-state index in [1.807, 2.05) is 31.0 Å². The second kappa shape index (κ2) is 4.38. The monoisotopic (exact) mass is 256 g/mol. The van der Waals surface area contributed by atoms with Crippen LogP contribution in [-0.2, 0) is 13.5 Å². The van der Waals surface area contributed by atoms with Gasteiger partial charge < -0.3 is 10.3 Å². The van der Waals surface area contributed by atoms with E-state index in [-0.39, 0.29) is 0 Å².